The van der Waals surface area contributed by atoms with Gasteiger partial charge in [-0.1, -0.05) is 19.1 Å². The minimum absolute atomic E-state index is 0.0874. The van der Waals surface area contributed by atoms with Crippen molar-refractivity contribution in [3.8, 4) is 5.75 Å². The highest BCUT2D eigenvalue weighted by Crippen LogP contribution is 2.37. The van der Waals surface area contributed by atoms with Gasteiger partial charge in [0.2, 0.25) is 5.91 Å². The second kappa shape index (κ2) is 5.73. The summed E-state index contributed by atoms with van der Waals surface area (Å²) in [6.45, 7) is 2.13. The van der Waals surface area contributed by atoms with Gasteiger partial charge in [-0.05, 0) is 30.0 Å². The molecule has 0 unspecified atom stereocenters. The first-order valence-corrected chi connectivity index (χ1v) is 6.27. The molecule has 0 aromatic heterocycles. The maximum Gasteiger partial charge on any atom is 0.341 e. The van der Waals surface area contributed by atoms with E-state index in [0.29, 0.717) is 18.2 Å². The lowest BCUT2D eigenvalue weighted by molar-refractivity contribution is -0.139. The van der Waals surface area contributed by atoms with Crippen molar-refractivity contribution in [3.05, 3.63) is 29.8 Å². The topological polar surface area (TPSA) is 75.6 Å². The summed E-state index contributed by atoms with van der Waals surface area (Å²) >= 11 is 0. The first-order valence-electron chi connectivity index (χ1n) is 6.27. The number of carbonyl (C=O) groups is 2. The number of ether oxygens (including phenoxy) is 1. The van der Waals surface area contributed by atoms with Gasteiger partial charge in [0.25, 0.3) is 0 Å². The van der Waals surface area contributed by atoms with Crippen LogP contribution in [0.4, 0.5) is 0 Å². The molecule has 1 aliphatic carbocycles. The molecule has 0 radical (unpaired) electrons. The van der Waals surface area contributed by atoms with Crippen molar-refractivity contribution < 1.29 is 19.4 Å². The van der Waals surface area contributed by atoms with Crippen LogP contribution in [-0.2, 0) is 16.1 Å². The number of carbonyl (C=O) groups excluding carboxylic acids is 1. The van der Waals surface area contributed by atoms with Crippen molar-refractivity contribution in [2.75, 3.05) is 6.61 Å². The zero-order valence-electron chi connectivity index (χ0n) is 10.8. The molecule has 0 heterocycles. The first-order chi connectivity index (χ1) is 9.06. The van der Waals surface area contributed by atoms with Crippen LogP contribution in [0.1, 0.15) is 18.9 Å². The summed E-state index contributed by atoms with van der Waals surface area (Å²) in [4.78, 5) is 22.1. The summed E-state index contributed by atoms with van der Waals surface area (Å²) in [7, 11) is 0. The van der Waals surface area contributed by atoms with E-state index in [-0.39, 0.29) is 18.4 Å². The van der Waals surface area contributed by atoms with Crippen molar-refractivity contribution in [1.82, 2.24) is 5.32 Å². The Kier molecular flexibility index (Phi) is 4.04. The molecular weight excluding hydrogens is 246 g/mol. The number of amides is 1. The number of hydrogen-bond donors (Lipinski definition) is 2. The summed E-state index contributed by atoms with van der Waals surface area (Å²) in [5, 5.41) is 11.4. The van der Waals surface area contributed by atoms with Crippen molar-refractivity contribution >= 4 is 11.9 Å². The van der Waals surface area contributed by atoms with E-state index in [4.69, 9.17) is 9.84 Å². The molecular formula is C14H17NO4. The second-order valence-electron chi connectivity index (χ2n) is 4.87. The van der Waals surface area contributed by atoms with Crippen LogP contribution in [-0.4, -0.2) is 23.6 Å². The van der Waals surface area contributed by atoms with Gasteiger partial charge in [-0.2, -0.15) is 0 Å². The standard InChI is InChI=1S/C14H17NO4/c1-9-5-12(9)14(18)15-7-10-3-2-4-11(6-10)19-8-13(16)17/h2-4,6,9,12H,5,7-8H2,1H3,(H,15,18)(H,16,17)/t9-,12-/m0/s1. The lowest BCUT2D eigenvalue weighted by atomic mass is 10.2. The van der Waals surface area contributed by atoms with Gasteiger partial charge in [-0.15, -0.1) is 0 Å². The Morgan fingerprint density at radius 3 is 2.84 bits per heavy atom. The molecule has 1 amide bonds. The molecule has 5 heteroatoms. The summed E-state index contributed by atoms with van der Waals surface area (Å²) in [5.41, 5.74) is 0.893. The van der Waals surface area contributed by atoms with Crippen LogP contribution in [0.15, 0.2) is 24.3 Å². The van der Waals surface area contributed by atoms with Gasteiger partial charge in [-0.3, -0.25) is 4.79 Å². The highest BCUT2D eigenvalue weighted by Gasteiger charge is 2.38. The van der Waals surface area contributed by atoms with Crippen LogP contribution in [0.2, 0.25) is 0 Å². The largest absolute Gasteiger partial charge is 0.482 e. The first kappa shape index (κ1) is 13.4. The van der Waals surface area contributed by atoms with Crippen molar-refractivity contribution in [3.63, 3.8) is 0 Å². The van der Waals surface area contributed by atoms with Crippen LogP contribution in [0.3, 0.4) is 0 Å². The van der Waals surface area contributed by atoms with Gasteiger partial charge in [0.15, 0.2) is 6.61 Å². The molecule has 1 fully saturated rings. The van der Waals surface area contributed by atoms with Crippen molar-refractivity contribution in [2.24, 2.45) is 11.8 Å². The monoisotopic (exact) mass is 263 g/mol. The van der Waals surface area contributed by atoms with Gasteiger partial charge in [0.1, 0.15) is 5.75 Å². The predicted molar refractivity (Wildman–Crippen MR) is 68.7 cm³/mol. The Morgan fingerprint density at radius 1 is 1.47 bits per heavy atom. The van der Waals surface area contributed by atoms with E-state index < -0.39 is 5.97 Å². The van der Waals surface area contributed by atoms with Gasteiger partial charge in [0.05, 0.1) is 0 Å². The third-order valence-corrected chi connectivity index (χ3v) is 3.17. The van der Waals surface area contributed by atoms with E-state index >= 15 is 0 Å². The molecule has 1 aliphatic rings. The molecule has 1 aromatic carbocycles. The molecule has 0 aliphatic heterocycles. The molecule has 1 aromatic rings. The molecule has 2 atom stereocenters. The van der Waals surface area contributed by atoms with E-state index in [0.717, 1.165) is 12.0 Å². The molecule has 0 spiro atoms. The van der Waals surface area contributed by atoms with Crippen LogP contribution in [0.25, 0.3) is 0 Å². The highest BCUT2D eigenvalue weighted by molar-refractivity contribution is 5.81. The van der Waals surface area contributed by atoms with E-state index in [9.17, 15) is 9.59 Å². The molecule has 2 rings (SSSR count). The third kappa shape index (κ3) is 3.98. The van der Waals surface area contributed by atoms with Crippen molar-refractivity contribution in [2.45, 2.75) is 19.9 Å². The number of nitrogens with one attached hydrogen (secondary N) is 1. The second-order valence-corrected chi connectivity index (χ2v) is 4.87. The van der Waals surface area contributed by atoms with Gasteiger partial charge < -0.3 is 15.2 Å². The smallest absolute Gasteiger partial charge is 0.341 e. The molecule has 0 bridgehead atoms. The van der Waals surface area contributed by atoms with Gasteiger partial charge in [-0.25, -0.2) is 4.79 Å². The van der Waals surface area contributed by atoms with Gasteiger partial charge >= 0.3 is 5.97 Å². The normalized spacial score (nSPS) is 20.7. The van der Waals surface area contributed by atoms with E-state index in [1.54, 1.807) is 18.2 Å². The highest BCUT2D eigenvalue weighted by atomic mass is 16.5. The summed E-state index contributed by atoms with van der Waals surface area (Å²) in [6, 6.07) is 7.07. The Hall–Kier alpha value is -2.04. The van der Waals surface area contributed by atoms with Crippen LogP contribution in [0, 0.1) is 11.8 Å². The summed E-state index contributed by atoms with van der Waals surface area (Å²) < 4.78 is 5.08. The molecule has 2 N–H and O–H groups in total. The molecule has 102 valence electrons. The van der Waals surface area contributed by atoms with E-state index in [1.165, 1.54) is 0 Å². The average molecular weight is 263 g/mol. The van der Waals surface area contributed by atoms with Gasteiger partial charge in [0, 0.05) is 12.5 Å². The fourth-order valence-electron chi connectivity index (χ4n) is 1.90. The number of rotatable bonds is 6. The lowest BCUT2D eigenvalue weighted by Crippen LogP contribution is -2.24. The minimum Gasteiger partial charge on any atom is -0.482 e. The molecule has 19 heavy (non-hydrogen) atoms. The van der Waals surface area contributed by atoms with Crippen LogP contribution in [0.5, 0.6) is 5.75 Å². The number of aliphatic carboxylic acids is 1. The number of hydrogen-bond acceptors (Lipinski definition) is 3. The zero-order valence-corrected chi connectivity index (χ0v) is 10.8. The predicted octanol–water partition coefficient (Wildman–Crippen LogP) is 1.42. The quantitative estimate of drug-likeness (QED) is 0.814. The van der Waals surface area contributed by atoms with E-state index in [2.05, 4.69) is 12.2 Å². The third-order valence-electron chi connectivity index (χ3n) is 3.17. The summed E-state index contributed by atoms with van der Waals surface area (Å²) in [6.07, 6.45) is 0.966. The van der Waals surface area contributed by atoms with Crippen LogP contribution >= 0.6 is 0 Å². The maximum absolute atomic E-state index is 11.7. The maximum atomic E-state index is 11.7. The average Bonchev–Trinajstić information content (AvgIpc) is 3.11. The molecule has 5 nitrogen and oxygen atoms in total. The molecule has 0 saturated heterocycles. The van der Waals surface area contributed by atoms with E-state index in [1.807, 2.05) is 6.07 Å². The molecule has 1 saturated carbocycles. The fraction of sp³-hybridized carbons (Fsp3) is 0.429. The zero-order chi connectivity index (χ0) is 13.8. The van der Waals surface area contributed by atoms with Crippen molar-refractivity contribution in [1.29, 1.82) is 0 Å². The Balaban J connectivity index is 1.84. The minimum atomic E-state index is -1.01. The number of carboxylic acid groups (broad SMARTS) is 1. The Labute approximate surface area is 111 Å². The van der Waals surface area contributed by atoms with Crippen LogP contribution < -0.4 is 10.1 Å². The number of benzene rings is 1. The fourth-order valence-corrected chi connectivity index (χ4v) is 1.90. The number of carboxylic acids is 1. The SMILES string of the molecule is C[C@H]1C[C@@H]1C(=O)NCc1cccc(OCC(=O)O)c1. The lowest BCUT2D eigenvalue weighted by Gasteiger charge is -2.07. The summed E-state index contributed by atoms with van der Waals surface area (Å²) in [5.74, 6) is 0.219. The Bertz CT molecular complexity index is 486. The Morgan fingerprint density at radius 2 is 2.21 bits per heavy atom.